The predicted octanol–water partition coefficient (Wildman–Crippen LogP) is 8.45. The highest BCUT2D eigenvalue weighted by Gasteiger charge is 2.55. The number of carbonyl (C=O) groups is 3. The number of aromatic nitrogens is 1. The van der Waals surface area contributed by atoms with Gasteiger partial charge in [0.15, 0.2) is 16.9 Å². The maximum Gasteiger partial charge on any atom is 0.356 e. The van der Waals surface area contributed by atoms with Crippen molar-refractivity contribution in [1.29, 1.82) is 0 Å². The molecule has 0 bridgehead atoms. The molecule has 4 heterocycles. The molecule has 2 amide bonds. The van der Waals surface area contributed by atoms with Gasteiger partial charge in [-0.3, -0.25) is 14.5 Å². The minimum atomic E-state index is -0.950. The highest BCUT2D eigenvalue weighted by molar-refractivity contribution is 8.00. The third kappa shape index (κ3) is 8.51. The molecule has 1 aromatic heterocycles. The van der Waals surface area contributed by atoms with E-state index in [1.54, 1.807) is 5.38 Å². The topological polar surface area (TPSA) is 131 Å². The number of nitrogens with one attached hydrogen (secondary N) is 2. The summed E-state index contributed by atoms with van der Waals surface area (Å²) in [5, 5.41) is 12.5. The van der Waals surface area contributed by atoms with Gasteiger partial charge in [-0.1, -0.05) is 157 Å². The molecule has 2 N–H and O–H groups in total. The van der Waals surface area contributed by atoms with Crippen molar-refractivity contribution in [3.8, 4) is 0 Å². The van der Waals surface area contributed by atoms with Gasteiger partial charge in [-0.2, -0.15) is 0 Å². The largest absolute Gasteiger partial charge is 0.448 e. The van der Waals surface area contributed by atoms with E-state index in [2.05, 4.69) is 52.2 Å². The third-order valence-electron chi connectivity index (χ3n) is 11.5. The monoisotopic (exact) mass is 875 g/mol. The van der Waals surface area contributed by atoms with Crippen molar-refractivity contribution in [3.63, 3.8) is 0 Å². The van der Waals surface area contributed by atoms with Crippen molar-refractivity contribution in [1.82, 2.24) is 15.2 Å². The fourth-order valence-corrected chi connectivity index (χ4v) is 10.7. The van der Waals surface area contributed by atoms with Crippen LogP contribution in [-0.2, 0) is 34.2 Å². The number of ether oxygens (including phenoxy) is 2. The van der Waals surface area contributed by atoms with Crippen LogP contribution in [0.5, 0.6) is 0 Å². The summed E-state index contributed by atoms with van der Waals surface area (Å²) in [5.41, 5.74) is 4.90. The summed E-state index contributed by atoms with van der Waals surface area (Å²) < 4.78 is 12.3. The van der Waals surface area contributed by atoms with Crippen molar-refractivity contribution < 1.29 is 28.7 Å². The lowest BCUT2D eigenvalue weighted by molar-refractivity contribution is -0.154. The van der Waals surface area contributed by atoms with Crippen LogP contribution in [0.3, 0.4) is 0 Å². The molecule has 5 aromatic carbocycles. The number of thioether (sulfide) groups is 1. The number of carbonyl (C=O) groups excluding carboxylic acids is 3. The van der Waals surface area contributed by atoms with Crippen LogP contribution in [0.2, 0.25) is 0 Å². The lowest BCUT2D eigenvalue weighted by atomic mass is 9.77. The summed E-state index contributed by atoms with van der Waals surface area (Å²) in [7, 11) is 1.35. The third-order valence-corrected chi connectivity index (χ3v) is 13.6. The Morgan fingerprint density at radius 2 is 1.40 bits per heavy atom. The summed E-state index contributed by atoms with van der Waals surface area (Å²) in [6.45, 7) is 0.657. The number of anilines is 1. The Labute approximate surface area is 374 Å². The van der Waals surface area contributed by atoms with E-state index < -0.39 is 40.8 Å². The SMILES string of the molecule is CO/N=C(\C(=O)NC1C(=O)N2C(C(=O)OC(c3ccccc3)c3ccccc3)=C(CC3CCCO3)CS[C@H]12)c1csc(NC(c2ccccc2)(c2ccccc2)c2ccccc2)n1. The number of fused-ring (bicyclic) bond motifs is 1. The van der Waals surface area contributed by atoms with Crippen LogP contribution in [-0.4, -0.2) is 70.4 Å². The number of benzene rings is 5. The molecular formula is C50H45N5O6S2. The van der Waals surface area contributed by atoms with Gasteiger partial charge in [0.05, 0.1) is 6.10 Å². The number of amides is 2. The van der Waals surface area contributed by atoms with Crippen LogP contribution in [0.15, 0.2) is 173 Å². The van der Waals surface area contributed by atoms with Gasteiger partial charge in [0.25, 0.3) is 11.8 Å². The van der Waals surface area contributed by atoms with Crippen LogP contribution >= 0.6 is 23.1 Å². The van der Waals surface area contributed by atoms with Crippen LogP contribution in [0.25, 0.3) is 0 Å². The van der Waals surface area contributed by atoms with Crippen molar-refractivity contribution in [2.45, 2.75) is 48.4 Å². The standard InChI is InChI=1S/C50H45N5O6S2/c1-59-54-41(40-32-63-49(51-40)53-50(36-22-11-4-12-23-36,37-24-13-5-14-25-37)38-26-15-6-16-27-38)45(56)52-42-46(57)55-43(35(31-62-47(42)55)30-39-28-17-29-60-39)48(58)61-44(33-18-7-2-8-19-33)34-20-9-3-10-21-34/h2-16,18-27,32,39,42,44,47H,17,28-31H2,1H3,(H,51,53)(H,52,56)/b54-41-/t39?,42?,47-/m1/s1. The maximum absolute atomic E-state index is 14.5. The first kappa shape index (κ1) is 41.8. The molecule has 2 fully saturated rings. The van der Waals surface area contributed by atoms with Gasteiger partial charge in [-0.25, -0.2) is 9.78 Å². The first-order valence-corrected chi connectivity index (χ1v) is 22.8. The van der Waals surface area contributed by atoms with Gasteiger partial charge in [-0.05, 0) is 52.7 Å². The summed E-state index contributed by atoms with van der Waals surface area (Å²) in [5.74, 6) is -1.22. The Morgan fingerprint density at radius 3 is 1.92 bits per heavy atom. The zero-order valence-corrected chi connectivity index (χ0v) is 36.1. The molecule has 2 unspecified atom stereocenters. The highest BCUT2D eigenvalue weighted by atomic mass is 32.2. The molecule has 0 aliphatic carbocycles. The van der Waals surface area contributed by atoms with Crippen LogP contribution in [0, 0.1) is 0 Å². The van der Waals surface area contributed by atoms with E-state index in [1.165, 1.54) is 35.1 Å². The van der Waals surface area contributed by atoms with Crippen molar-refractivity contribution in [2.75, 3.05) is 24.8 Å². The zero-order valence-electron chi connectivity index (χ0n) is 34.5. The minimum absolute atomic E-state index is 0.0607. The molecule has 0 saturated carbocycles. The molecule has 6 aromatic rings. The Hall–Kier alpha value is -6.54. The number of oxime groups is 1. The molecule has 63 heavy (non-hydrogen) atoms. The molecule has 318 valence electrons. The number of nitrogens with zero attached hydrogens (tertiary/aromatic N) is 3. The molecule has 0 radical (unpaired) electrons. The summed E-state index contributed by atoms with van der Waals surface area (Å²) in [6.07, 6.45) is 1.53. The molecule has 3 aliphatic heterocycles. The van der Waals surface area contributed by atoms with E-state index in [4.69, 9.17) is 19.3 Å². The number of hydrogen-bond acceptors (Lipinski definition) is 11. The van der Waals surface area contributed by atoms with E-state index in [0.717, 1.165) is 46.2 Å². The maximum atomic E-state index is 14.5. The smallest absolute Gasteiger partial charge is 0.356 e. The molecule has 3 aliphatic rings. The molecular weight excluding hydrogens is 831 g/mol. The van der Waals surface area contributed by atoms with E-state index in [1.807, 2.05) is 115 Å². The number of hydrogen-bond donors (Lipinski definition) is 2. The summed E-state index contributed by atoms with van der Waals surface area (Å²) in [6, 6.07) is 48.6. The predicted molar refractivity (Wildman–Crippen MR) is 245 cm³/mol. The van der Waals surface area contributed by atoms with Gasteiger partial charge < -0.3 is 24.9 Å². The van der Waals surface area contributed by atoms with Crippen LogP contribution in [0.1, 0.15) is 58.9 Å². The molecule has 13 heteroatoms. The molecule has 11 nitrogen and oxygen atoms in total. The molecule has 3 atom stereocenters. The van der Waals surface area contributed by atoms with Crippen molar-refractivity contribution in [2.24, 2.45) is 5.16 Å². The Kier molecular flexibility index (Phi) is 12.5. The van der Waals surface area contributed by atoms with Crippen LogP contribution in [0.4, 0.5) is 5.13 Å². The lowest BCUT2D eigenvalue weighted by Gasteiger charge is -2.50. The molecule has 0 spiro atoms. The summed E-state index contributed by atoms with van der Waals surface area (Å²) in [4.78, 5) is 54.5. The molecule has 2 saturated heterocycles. The Morgan fingerprint density at radius 1 is 0.841 bits per heavy atom. The second-order valence-electron chi connectivity index (χ2n) is 15.4. The van der Waals surface area contributed by atoms with Gasteiger partial charge in [-0.15, -0.1) is 23.1 Å². The Bertz CT molecular complexity index is 2470. The number of esters is 1. The van der Waals surface area contributed by atoms with Gasteiger partial charge in [0.1, 0.15) is 35.5 Å². The van der Waals surface area contributed by atoms with Gasteiger partial charge in [0, 0.05) is 17.7 Å². The van der Waals surface area contributed by atoms with Gasteiger partial charge >= 0.3 is 5.97 Å². The lowest BCUT2D eigenvalue weighted by Crippen LogP contribution is -2.71. The normalized spacial score (nSPS) is 18.7. The van der Waals surface area contributed by atoms with Crippen molar-refractivity contribution >= 4 is 51.7 Å². The quantitative estimate of drug-likeness (QED) is 0.0343. The van der Waals surface area contributed by atoms with E-state index in [-0.39, 0.29) is 23.2 Å². The minimum Gasteiger partial charge on any atom is -0.448 e. The first-order valence-electron chi connectivity index (χ1n) is 20.9. The zero-order chi connectivity index (χ0) is 43.2. The number of thiazole rings is 1. The average molecular weight is 876 g/mol. The summed E-state index contributed by atoms with van der Waals surface area (Å²) >= 11 is 2.81. The Balaban J connectivity index is 0.976. The van der Waals surface area contributed by atoms with Crippen LogP contribution < -0.4 is 10.6 Å². The fraction of sp³-hybridized carbons (Fsp3) is 0.220. The fourth-order valence-electron chi connectivity index (χ4n) is 8.54. The highest BCUT2D eigenvalue weighted by Crippen LogP contribution is 2.44. The van der Waals surface area contributed by atoms with Crippen molar-refractivity contribution in [3.05, 3.63) is 202 Å². The number of β-lactam (4-membered cyclic amide) rings is 1. The van der Waals surface area contributed by atoms with E-state index >= 15 is 0 Å². The second-order valence-corrected chi connectivity index (χ2v) is 17.4. The molecule has 9 rings (SSSR count). The average Bonchev–Trinajstić information content (AvgIpc) is 4.04. The van der Waals surface area contributed by atoms with E-state index in [0.29, 0.717) is 23.9 Å². The van der Waals surface area contributed by atoms with Gasteiger partial charge in [0.2, 0.25) is 0 Å². The van der Waals surface area contributed by atoms with E-state index in [9.17, 15) is 14.4 Å². The second kappa shape index (κ2) is 18.8. The number of rotatable bonds is 15. The first-order chi connectivity index (χ1) is 30.9.